The number of anilines is 1. The van der Waals surface area contributed by atoms with Gasteiger partial charge in [0.25, 0.3) is 0 Å². The maximum atomic E-state index is 14.8. The number of esters is 2. The Morgan fingerprint density at radius 1 is 1.13 bits per heavy atom. The minimum Gasteiger partial charge on any atom is -0.469 e. The molecule has 0 aromatic heterocycles. The summed E-state index contributed by atoms with van der Waals surface area (Å²) in [6.07, 6.45) is -1.23. The molecule has 38 heavy (non-hydrogen) atoms. The van der Waals surface area contributed by atoms with Crippen LogP contribution in [0.1, 0.15) is 44.2 Å². The zero-order valence-corrected chi connectivity index (χ0v) is 22.8. The fourth-order valence-electron chi connectivity index (χ4n) is 3.99. The molecule has 0 aliphatic carbocycles. The number of Topliss-reactive ketones (excluding diaryl/α,β-unsaturated/α-hetero) is 1. The molecule has 1 aliphatic heterocycles. The molecular weight excluding hydrogens is 513 g/mol. The van der Waals surface area contributed by atoms with E-state index in [0.29, 0.717) is 11.3 Å². The Kier molecular flexibility index (Phi) is 9.50. The van der Waals surface area contributed by atoms with Gasteiger partial charge in [-0.2, -0.15) is 0 Å². The number of thioether (sulfide) groups is 1. The summed E-state index contributed by atoms with van der Waals surface area (Å²) in [7, 11) is 1.29. The molecule has 1 aliphatic rings. The summed E-state index contributed by atoms with van der Waals surface area (Å²) < 4.78 is 25.1. The zero-order chi connectivity index (χ0) is 28.0. The molecule has 204 valence electrons. The molecule has 3 rings (SSSR count). The zero-order valence-electron chi connectivity index (χ0n) is 21.9. The van der Waals surface area contributed by atoms with Crippen molar-refractivity contribution in [1.29, 1.82) is 0 Å². The molecule has 0 bridgehead atoms. The van der Waals surface area contributed by atoms with E-state index in [2.05, 4.69) is 15.4 Å². The maximum absolute atomic E-state index is 14.8. The van der Waals surface area contributed by atoms with Crippen LogP contribution in [0.15, 0.2) is 48.5 Å². The van der Waals surface area contributed by atoms with Crippen molar-refractivity contribution >= 4 is 41.2 Å². The van der Waals surface area contributed by atoms with E-state index in [1.54, 1.807) is 63.2 Å². The number of benzene rings is 2. The Labute approximate surface area is 225 Å². The van der Waals surface area contributed by atoms with Crippen molar-refractivity contribution in [2.24, 2.45) is 0 Å². The lowest BCUT2D eigenvalue weighted by atomic mass is 10.1. The molecule has 1 fully saturated rings. The van der Waals surface area contributed by atoms with Gasteiger partial charge in [0.05, 0.1) is 18.9 Å². The number of nitrogens with one attached hydrogen (secondary N) is 2. The Balaban J connectivity index is 1.88. The van der Waals surface area contributed by atoms with Crippen molar-refractivity contribution < 1.29 is 33.0 Å². The smallest absolute Gasteiger partial charge is 0.324 e. The van der Waals surface area contributed by atoms with Crippen LogP contribution in [0.2, 0.25) is 0 Å². The average molecular weight is 546 g/mol. The van der Waals surface area contributed by atoms with E-state index in [4.69, 9.17) is 4.74 Å². The predicted molar refractivity (Wildman–Crippen MR) is 142 cm³/mol. The minimum atomic E-state index is -1.26. The summed E-state index contributed by atoms with van der Waals surface area (Å²) in [6, 6.07) is 11.1. The fraction of sp³-hybridized carbons (Fsp3) is 0.407. The van der Waals surface area contributed by atoms with Crippen molar-refractivity contribution in [2.75, 3.05) is 18.2 Å². The van der Waals surface area contributed by atoms with Crippen molar-refractivity contribution in [2.45, 2.75) is 57.3 Å². The minimum absolute atomic E-state index is 0.0244. The first-order valence-corrected chi connectivity index (χ1v) is 13.0. The molecule has 0 radical (unpaired) electrons. The molecule has 1 heterocycles. The number of hydrogen-bond acceptors (Lipinski definition) is 8. The SMILES string of the molecule is COC(=O)Cc1cccc(NC(=O)N[C@@H](C(C)=O)N2[C@@H](c3ccccc3F)SC[C@H]2C(=O)OC(C)(C)C)c1. The third kappa shape index (κ3) is 7.55. The van der Waals surface area contributed by atoms with Crippen molar-refractivity contribution in [1.82, 2.24) is 10.2 Å². The monoisotopic (exact) mass is 545 g/mol. The normalized spacial score (nSPS) is 18.4. The van der Waals surface area contributed by atoms with Gasteiger partial charge >= 0.3 is 18.0 Å². The first-order valence-electron chi connectivity index (χ1n) is 12.0. The number of carbonyl (C=O) groups is 4. The first-order chi connectivity index (χ1) is 17.9. The summed E-state index contributed by atoms with van der Waals surface area (Å²) in [4.78, 5) is 52.1. The lowest BCUT2D eigenvalue weighted by Crippen LogP contribution is -2.58. The molecule has 2 aromatic rings. The number of nitrogens with zero attached hydrogens (tertiary/aromatic N) is 1. The predicted octanol–water partition coefficient (Wildman–Crippen LogP) is 4.04. The summed E-state index contributed by atoms with van der Waals surface area (Å²) >= 11 is 1.28. The quantitative estimate of drug-likeness (QED) is 0.478. The van der Waals surface area contributed by atoms with E-state index in [9.17, 15) is 23.6 Å². The fourth-order valence-corrected chi connectivity index (χ4v) is 5.48. The van der Waals surface area contributed by atoms with Gasteiger partial charge in [0.2, 0.25) is 0 Å². The van der Waals surface area contributed by atoms with E-state index < -0.39 is 52.8 Å². The third-order valence-corrected chi connectivity index (χ3v) is 6.93. The summed E-state index contributed by atoms with van der Waals surface area (Å²) in [5.74, 6) is -1.71. The highest BCUT2D eigenvalue weighted by Crippen LogP contribution is 2.44. The Morgan fingerprint density at radius 3 is 2.47 bits per heavy atom. The number of carbonyl (C=O) groups excluding carboxylic acids is 4. The maximum Gasteiger partial charge on any atom is 0.324 e. The number of amides is 2. The second-order valence-corrected chi connectivity index (χ2v) is 10.9. The number of ketones is 1. The number of methoxy groups -OCH3 is 1. The van der Waals surface area contributed by atoms with E-state index in [0.717, 1.165) is 0 Å². The average Bonchev–Trinajstić information content (AvgIpc) is 3.26. The van der Waals surface area contributed by atoms with E-state index in [1.165, 1.54) is 36.8 Å². The Morgan fingerprint density at radius 2 is 1.84 bits per heavy atom. The van der Waals surface area contributed by atoms with Crippen molar-refractivity contribution in [3.8, 4) is 0 Å². The van der Waals surface area contributed by atoms with Crippen LogP contribution in [0.5, 0.6) is 0 Å². The molecule has 2 amide bonds. The molecular formula is C27H32FN3O6S. The number of rotatable bonds is 8. The van der Waals surface area contributed by atoms with Gasteiger partial charge in [0.15, 0.2) is 5.78 Å². The highest BCUT2D eigenvalue weighted by molar-refractivity contribution is 7.99. The molecule has 2 aromatic carbocycles. The van der Waals surface area contributed by atoms with Gasteiger partial charge in [0.1, 0.15) is 23.6 Å². The molecule has 2 N–H and O–H groups in total. The van der Waals surface area contributed by atoms with Crippen LogP contribution in [0.4, 0.5) is 14.9 Å². The van der Waals surface area contributed by atoms with Gasteiger partial charge in [-0.25, -0.2) is 14.1 Å². The first kappa shape index (κ1) is 29.1. The van der Waals surface area contributed by atoms with Gasteiger partial charge in [-0.15, -0.1) is 11.8 Å². The van der Waals surface area contributed by atoms with Crippen LogP contribution in [0.25, 0.3) is 0 Å². The third-order valence-electron chi connectivity index (χ3n) is 5.60. The van der Waals surface area contributed by atoms with Gasteiger partial charge in [0, 0.05) is 17.0 Å². The summed E-state index contributed by atoms with van der Waals surface area (Å²) in [6.45, 7) is 6.48. The molecule has 11 heteroatoms. The Bertz CT molecular complexity index is 1200. The lowest BCUT2D eigenvalue weighted by molar-refractivity contribution is -0.162. The number of hydrogen-bond donors (Lipinski definition) is 2. The van der Waals surface area contributed by atoms with Gasteiger partial charge < -0.3 is 20.1 Å². The number of halogens is 1. The van der Waals surface area contributed by atoms with Crippen LogP contribution >= 0.6 is 11.8 Å². The molecule has 0 unspecified atom stereocenters. The molecule has 3 atom stereocenters. The highest BCUT2D eigenvalue weighted by atomic mass is 32.2. The van der Waals surface area contributed by atoms with Gasteiger partial charge in [-0.1, -0.05) is 30.3 Å². The van der Waals surface area contributed by atoms with Crippen LogP contribution in [0.3, 0.4) is 0 Å². The van der Waals surface area contributed by atoms with E-state index in [1.807, 2.05) is 0 Å². The van der Waals surface area contributed by atoms with Crippen molar-refractivity contribution in [3.63, 3.8) is 0 Å². The molecule has 0 saturated carbocycles. The molecule has 9 nitrogen and oxygen atoms in total. The van der Waals surface area contributed by atoms with Gasteiger partial charge in [-0.3, -0.25) is 14.4 Å². The standard InChI is InChI=1S/C27H32FN3O6S/c1-16(32)23(30-26(35)29-18-10-8-9-17(13-18)14-22(33)36-5)31-21(25(34)37-27(2,3)4)15-38-24(31)19-11-6-7-12-20(19)28/h6-13,21,23-24H,14-15H2,1-5H3,(H2,29,30,35)/t21-,23+,24+/m0/s1. The van der Waals surface area contributed by atoms with Crippen LogP contribution < -0.4 is 10.6 Å². The van der Waals surface area contributed by atoms with Crippen LogP contribution in [-0.2, 0) is 30.3 Å². The van der Waals surface area contributed by atoms with Gasteiger partial charge in [-0.05, 0) is 51.5 Å². The summed E-state index contributed by atoms with van der Waals surface area (Å²) in [5.41, 5.74) is 0.511. The lowest BCUT2D eigenvalue weighted by Gasteiger charge is -2.35. The number of urea groups is 1. The molecule has 0 spiro atoms. The molecule has 1 saturated heterocycles. The van der Waals surface area contributed by atoms with E-state index in [-0.39, 0.29) is 17.7 Å². The second-order valence-electron chi connectivity index (χ2n) is 9.77. The van der Waals surface area contributed by atoms with Crippen LogP contribution in [0, 0.1) is 5.82 Å². The second kappa shape index (κ2) is 12.4. The topological polar surface area (TPSA) is 114 Å². The van der Waals surface area contributed by atoms with Crippen LogP contribution in [-0.4, -0.2) is 59.3 Å². The van der Waals surface area contributed by atoms with Crippen molar-refractivity contribution in [3.05, 3.63) is 65.5 Å². The largest absolute Gasteiger partial charge is 0.469 e. The van der Waals surface area contributed by atoms with E-state index >= 15 is 0 Å². The number of ether oxygens (including phenoxy) is 2. The Hall–Kier alpha value is -3.44. The highest BCUT2D eigenvalue weighted by Gasteiger charge is 2.47. The summed E-state index contributed by atoms with van der Waals surface area (Å²) in [5, 5.41) is 4.56.